The van der Waals surface area contributed by atoms with Gasteiger partial charge in [0.15, 0.2) is 0 Å². The lowest BCUT2D eigenvalue weighted by Gasteiger charge is -2.10. The third-order valence-electron chi connectivity index (χ3n) is 3.24. The highest BCUT2D eigenvalue weighted by Gasteiger charge is 2.24. The smallest absolute Gasteiger partial charge is 0.241 e. The molecule has 6 heteroatoms. The number of thioether (sulfide) groups is 1. The molecule has 0 radical (unpaired) electrons. The van der Waals surface area contributed by atoms with E-state index < -0.39 is 6.04 Å². The Morgan fingerprint density at radius 2 is 2.42 bits per heavy atom. The molecule has 0 spiro atoms. The summed E-state index contributed by atoms with van der Waals surface area (Å²) in [6.45, 7) is 0. The number of nitriles is 1. The van der Waals surface area contributed by atoms with Crippen LogP contribution in [-0.2, 0) is 17.6 Å². The highest BCUT2D eigenvalue weighted by Crippen LogP contribution is 2.38. The van der Waals surface area contributed by atoms with E-state index in [2.05, 4.69) is 11.4 Å². The van der Waals surface area contributed by atoms with Gasteiger partial charge in [0.1, 0.15) is 11.1 Å². The maximum Gasteiger partial charge on any atom is 0.241 e. The van der Waals surface area contributed by atoms with E-state index in [-0.39, 0.29) is 5.91 Å². The van der Waals surface area contributed by atoms with Crippen molar-refractivity contribution in [3.63, 3.8) is 0 Å². The number of anilines is 1. The molecule has 0 saturated carbocycles. The molecule has 0 unspecified atom stereocenters. The molecule has 19 heavy (non-hydrogen) atoms. The molecule has 1 aromatic rings. The van der Waals surface area contributed by atoms with Crippen molar-refractivity contribution in [2.24, 2.45) is 5.73 Å². The molecule has 1 aliphatic carbocycles. The molecule has 1 aliphatic rings. The first-order valence-electron chi connectivity index (χ1n) is 6.27. The summed E-state index contributed by atoms with van der Waals surface area (Å²) >= 11 is 3.20. The Morgan fingerprint density at radius 1 is 1.63 bits per heavy atom. The topological polar surface area (TPSA) is 78.9 Å². The van der Waals surface area contributed by atoms with Crippen LogP contribution in [0.15, 0.2) is 0 Å². The van der Waals surface area contributed by atoms with E-state index in [1.807, 2.05) is 6.26 Å². The minimum atomic E-state index is -0.504. The summed E-state index contributed by atoms with van der Waals surface area (Å²) in [6.07, 6.45) is 5.71. The fourth-order valence-electron chi connectivity index (χ4n) is 2.19. The van der Waals surface area contributed by atoms with Crippen molar-refractivity contribution in [1.82, 2.24) is 0 Å². The first kappa shape index (κ1) is 14.4. The third-order valence-corrected chi connectivity index (χ3v) is 5.09. The molecule has 0 bridgehead atoms. The maximum absolute atomic E-state index is 12.0. The molecule has 3 N–H and O–H groups in total. The Labute approximate surface area is 121 Å². The van der Waals surface area contributed by atoms with Gasteiger partial charge in [-0.2, -0.15) is 17.0 Å². The van der Waals surface area contributed by atoms with Crippen LogP contribution in [0.25, 0.3) is 0 Å². The van der Waals surface area contributed by atoms with E-state index in [1.54, 1.807) is 11.8 Å². The number of fused-ring (bicyclic) bond motifs is 1. The van der Waals surface area contributed by atoms with Gasteiger partial charge in [-0.25, -0.2) is 0 Å². The highest BCUT2D eigenvalue weighted by molar-refractivity contribution is 7.98. The van der Waals surface area contributed by atoms with Gasteiger partial charge < -0.3 is 11.1 Å². The molecule has 1 atom stereocenters. The van der Waals surface area contributed by atoms with E-state index in [0.717, 1.165) is 30.6 Å². The van der Waals surface area contributed by atoms with Gasteiger partial charge in [-0.3, -0.25) is 4.79 Å². The fraction of sp³-hybridized carbons (Fsp3) is 0.538. The predicted molar refractivity (Wildman–Crippen MR) is 80.7 cm³/mol. The van der Waals surface area contributed by atoms with Gasteiger partial charge in [-0.1, -0.05) is 0 Å². The van der Waals surface area contributed by atoms with Crippen LogP contribution in [0, 0.1) is 11.3 Å². The fourth-order valence-corrected chi connectivity index (χ4v) is 3.92. The number of thiophene rings is 1. The summed E-state index contributed by atoms with van der Waals surface area (Å²) < 4.78 is 0. The first-order valence-corrected chi connectivity index (χ1v) is 8.48. The molecule has 1 aromatic heterocycles. The molecule has 0 fully saturated rings. The number of amides is 1. The van der Waals surface area contributed by atoms with Crippen LogP contribution in [0.1, 0.15) is 28.8 Å². The Bertz CT molecular complexity index is 519. The maximum atomic E-state index is 12.0. The summed E-state index contributed by atoms with van der Waals surface area (Å²) in [4.78, 5) is 13.2. The predicted octanol–water partition coefficient (Wildman–Crippen LogP) is 2.13. The monoisotopic (exact) mass is 295 g/mol. The third kappa shape index (κ3) is 3.11. The standard InChI is InChI=1S/C13H17N3OS2/c1-18-6-5-10(15)12(17)16-13-9(7-14)8-3-2-4-11(8)19-13/h10H,2-6,15H2,1H3,(H,16,17)/t10-/m0/s1. The van der Waals surface area contributed by atoms with Crippen molar-refractivity contribution < 1.29 is 4.79 Å². The second kappa shape index (κ2) is 6.42. The van der Waals surface area contributed by atoms with Crippen molar-refractivity contribution in [3.8, 4) is 6.07 Å². The van der Waals surface area contributed by atoms with Crippen LogP contribution >= 0.6 is 23.1 Å². The van der Waals surface area contributed by atoms with E-state index in [9.17, 15) is 10.1 Å². The van der Waals surface area contributed by atoms with Gasteiger partial charge in [0, 0.05) is 4.88 Å². The Balaban J connectivity index is 2.08. The number of rotatable bonds is 5. The summed E-state index contributed by atoms with van der Waals surface area (Å²) in [6, 6.07) is 1.71. The number of hydrogen-bond acceptors (Lipinski definition) is 5. The van der Waals surface area contributed by atoms with E-state index in [0.29, 0.717) is 17.0 Å². The van der Waals surface area contributed by atoms with Crippen LogP contribution in [0.2, 0.25) is 0 Å². The van der Waals surface area contributed by atoms with Gasteiger partial charge in [0.25, 0.3) is 0 Å². The van der Waals surface area contributed by atoms with Gasteiger partial charge in [-0.15, -0.1) is 11.3 Å². The Kier molecular flexibility index (Phi) is 4.86. The number of nitrogens with zero attached hydrogens (tertiary/aromatic N) is 1. The average Bonchev–Trinajstić information content (AvgIpc) is 2.95. The molecular weight excluding hydrogens is 278 g/mol. The number of nitrogens with two attached hydrogens (primary N) is 1. The highest BCUT2D eigenvalue weighted by atomic mass is 32.2. The number of hydrogen-bond donors (Lipinski definition) is 2. The summed E-state index contributed by atoms with van der Waals surface area (Å²) in [5.74, 6) is 0.672. The van der Waals surface area contributed by atoms with E-state index >= 15 is 0 Å². The summed E-state index contributed by atoms with van der Waals surface area (Å²) in [5, 5.41) is 12.7. The van der Waals surface area contributed by atoms with Crippen LogP contribution in [0.4, 0.5) is 5.00 Å². The summed E-state index contributed by atoms with van der Waals surface area (Å²) in [7, 11) is 0. The molecule has 2 rings (SSSR count). The SMILES string of the molecule is CSCC[C@H](N)C(=O)Nc1sc2c(c1C#N)CCC2. The molecule has 0 aromatic carbocycles. The van der Waals surface area contributed by atoms with Crippen LogP contribution in [-0.4, -0.2) is 24.0 Å². The minimum absolute atomic E-state index is 0.189. The second-order valence-corrected chi connectivity index (χ2v) is 6.64. The summed E-state index contributed by atoms with van der Waals surface area (Å²) in [5.41, 5.74) is 7.60. The molecule has 1 heterocycles. The molecule has 102 valence electrons. The normalized spacial score (nSPS) is 14.8. The number of aryl methyl sites for hydroxylation is 1. The van der Waals surface area contributed by atoms with Crippen LogP contribution < -0.4 is 11.1 Å². The van der Waals surface area contributed by atoms with Crippen molar-refractivity contribution in [1.29, 1.82) is 5.26 Å². The van der Waals surface area contributed by atoms with Crippen LogP contribution in [0.3, 0.4) is 0 Å². The van der Waals surface area contributed by atoms with E-state index in [1.165, 1.54) is 16.2 Å². The zero-order valence-electron chi connectivity index (χ0n) is 10.9. The van der Waals surface area contributed by atoms with Crippen molar-refractivity contribution >= 4 is 34.0 Å². The van der Waals surface area contributed by atoms with Crippen molar-refractivity contribution in [3.05, 3.63) is 16.0 Å². The Morgan fingerprint density at radius 3 is 3.11 bits per heavy atom. The quantitative estimate of drug-likeness (QED) is 0.872. The van der Waals surface area contributed by atoms with Gasteiger partial charge in [-0.05, 0) is 43.3 Å². The zero-order valence-corrected chi connectivity index (χ0v) is 12.5. The van der Waals surface area contributed by atoms with Crippen molar-refractivity contribution in [2.75, 3.05) is 17.3 Å². The second-order valence-electron chi connectivity index (χ2n) is 4.55. The van der Waals surface area contributed by atoms with Crippen molar-refractivity contribution in [2.45, 2.75) is 31.7 Å². The Hall–Kier alpha value is -1.03. The molecule has 1 amide bonds. The zero-order chi connectivity index (χ0) is 13.8. The molecule has 0 aliphatic heterocycles. The lowest BCUT2D eigenvalue weighted by atomic mass is 10.1. The minimum Gasteiger partial charge on any atom is -0.320 e. The lowest BCUT2D eigenvalue weighted by Crippen LogP contribution is -2.36. The van der Waals surface area contributed by atoms with Crippen LogP contribution in [0.5, 0.6) is 0 Å². The largest absolute Gasteiger partial charge is 0.320 e. The first-order chi connectivity index (χ1) is 9.17. The number of carbonyl (C=O) groups is 1. The lowest BCUT2D eigenvalue weighted by molar-refractivity contribution is -0.117. The molecule has 4 nitrogen and oxygen atoms in total. The average molecular weight is 295 g/mol. The number of nitrogens with one attached hydrogen (secondary N) is 1. The molecule has 0 saturated heterocycles. The van der Waals surface area contributed by atoms with Gasteiger partial charge >= 0.3 is 0 Å². The number of carbonyl (C=O) groups excluding carboxylic acids is 1. The molecular formula is C13H17N3OS2. The van der Waals surface area contributed by atoms with Gasteiger partial charge in [0.2, 0.25) is 5.91 Å². The van der Waals surface area contributed by atoms with E-state index in [4.69, 9.17) is 5.73 Å². The van der Waals surface area contributed by atoms with Gasteiger partial charge in [0.05, 0.1) is 11.6 Å².